The van der Waals surface area contributed by atoms with Gasteiger partial charge in [0.2, 0.25) is 5.71 Å². The van der Waals surface area contributed by atoms with Crippen LogP contribution in [-0.2, 0) is 25.8 Å². The molecule has 2 rings (SSSR count). The zero-order valence-electron chi connectivity index (χ0n) is 15.7. The van der Waals surface area contributed by atoms with E-state index < -0.39 is 5.97 Å². The van der Waals surface area contributed by atoms with Gasteiger partial charge >= 0.3 is 5.97 Å². The molecule has 2 aromatic rings. The first-order chi connectivity index (χ1) is 13.0. The Morgan fingerprint density at radius 2 is 1.81 bits per heavy atom. The molecule has 0 bridgehead atoms. The molecule has 0 saturated carbocycles. The van der Waals surface area contributed by atoms with E-state index in [1.165, 1.54) is 20.3 Å². The highest BCUT2D eigenvalue weighted by Crippen LogP contribution is 2.17. The summed E-state index contributed by atoms with van der Waals surface area (Å²) in [5.41, 5.74) is 3.14. The lowest BCUT2D eigenvalue weighted by Gasteiger charge is -2.11. The topological polar surface area (TPSA) is 71.1 Å². The number of hydrogen-bond donors (Lipinski definition) is 1. The molecule has 0 aromatic heterocycles. The van der Waals surface area contributed by atoms with Gasteiger partial charge in [-0.05, 0) is 29.8 Å². The molecule has 0 heterocycles. The third-order valence-electron chi connectivity index (χ3n) is 3.95. The first kappa shape index (κ1) is 20.1. The summed E-state index contributed by atoms with van der Waals surface area (Å²) in [6.45, 7) is 3.72. The van der Waals surface area contributed by atoms with Gasteiger partial charge in [0.25, 0.3) is 0 Å². The van der Waals surface area contributed by atoms with E-state index in [1.807, 2.05) is 13.0 Å². The van der Waals surface area contributed by atoms with Gasteiger partial charge in [-0.15, -0.1) is 0 Å². The lowest BCUT2D eigenvalue weighted by atomic mass is 9.99. The molecule has 0 aliphatic rings. The fourth-order valence-corrected chi connectivity index (χ4v) is 2.54. The van der Waals surface area contributed by atoms with Crippen LogP contribution in [0.15, 0.2) is 47.6 Å². The summed E-state index contributed by atoms with van der Waals surface area (Å²) in [4.78, 5) is 22.4. The van der Waals surface area contributed by atoms with E-state index in [2.05, 4.69) is 10.3 Å². The molecule has 1 N–H and O–H groups in total. The highest BCUT2D eigenvalue weighted by molar-refractivity contribution is 6.43. The summed E-state index contributed by atoms with van der Waals surface area (Å²) in [6, 6.07) is 11.8. The van der Waals surface area contributed by atoms with Gasteiger partial charge in [0.1, 0.15) is 12.9 Å². The van der Waals surface area contributed by atoms with Crippen molar-refractivity contribution >= 4 is 17.4 Å². The van der Waals surface area contributed by atoms with E-state index >= 15 is 0 Å². The van der Waals surface area contributed by atoms with E-state index in [0.717, 1.165) is 11.1 Å². The normalized spacial score (nSPS) is 11.9. The van der Waals surface area contributed by atoms with Crippen LogP contribution >= 0.6 is 0 Å². The monoisotopic (exact) mass is 373 g/mol. The molecule has 0 fully saturated rings. The Labute approximate surface area is 157 Å². The van der Waals surface area contributed by atoms with Crippen LogP contribution in [0.4, 0.5) is 4.39 Å². The number of benzene rings is 2. The van der Waals surface area contributed by atoms with Crippen molar-refractivity contribution in [2.75, 3.05) is 14.2 Å². The van der Waals surface area contributed by atoms with Crippen molar-refractivity contribution in [1.82, 2.24) is 0 Å². The number of halogens is 1. The van der Waals surface area contributed by atoms with Gasteiger partial charge in [-0.3, -0.25) is 4.84 Å². The van der Waals surface area contributed by atoms with Crippen molar-refractivity contribution in [2.24, 2.45) is 5.16 Å². The van der Waals surface area contributed by atoms with Crippen molar-refractivity contribution in [2.45, 2.75) is 20.5 Å². The molecular weight excluding hydrogens is 351 g/mol. The lowest BCUT2D eigenvalue weighted by Crippen LogP contribution is -2.71. The Kier molecular flexibility index (Phi) is 7.05. The molecule has 0 aliphatic carbocycles. The molecule has 2 aromatic carbocycles. The summed E-state index contributed by atoms with van der Waals surface area (Å²) in [7, 11) is 2.62. The number of nitrogens with one attached hydrogen (secondary N) is 1. The summed E-state index contributed by atoms with van der Waals surface area (Å²) in [5, 5.41) is 6.53. The van der Waals surface area contributed by atoms with Crippen molar-refractivity contribution in [3.8, 4) is 0 Å². The zero-order valence-corrected chi connectivity index (χ0v) is 15.7. The second-order valence-electron chi connectivity index (χ2n) is 5.71. The van der Waals surface area contributed by atoms with Gasteiger partial charge in [-0.1, -0.05) is 35.5 Å². The van der Waals surface area contributed by atoms with Gasteiger partial charge < -0.3 is 9.57 Å². The lowest BCUT2D eigenvalue weighted by molar-refractivity contribution is -0.758. The Bertz CT molecular complexity index is 878. The minimum atomic E-state index is -0.620. The first-order valence-corrected chi connectivity index (χ1v) is 8.24. The first-order valence-electron chi connectivity index (χ1n) is 8.24. The van der Waals surface area contributed by atoms with Crippen LogP contribution in [0.3, 0.4) is 0 Å². The van der Waals surface area contributed by atoms with Crippen LogP contribution in [-0.4, -0.2) is 31.6 Å². The molecule has 27 heavy (non-hydrogen) atoms. The standard InChI is InChI=1S/C20H21FN2O4/c1-13-8-7-10-16(19(23-26-4)20(24)25-3)17(13)12-27-22-14(2)15-9-5-6-11-18(15)21/h5-11H,12H2,1-4H3/p+1/b22-14+,23-19+. The second kappa shape index (κ2) is 9.47. The van der Waals surface area contributed by atoms with E-state index in [0.29, 0.717) is 16.8 Å². The number of nitrogens with zero attached hydrogens (tertiary/aromatic N) is 1. The number of carbonyl (C=O) groups is 1. The Hall–Kier alpha value is -3.22. The molecule has 6 nitrogen and oxygen atoms in total. The van der Waals surface area contributed by atoms with Crippen LogP contribution < -0.4 is 5.16 Å². The summed E-state index contributed by atoms with van der Waals surface area (Å²) >= 11 is 0. The molecule has 0 aliphatic heterocycles. The molecule has 0 unspecified atom stereocenters. The minimum Gasteiger partial charge on any atom is -0.464 e. The molecular formula is C20H22FN2O4+. The van der Waals surface area contributed by atoms with Crippen LogP contribution in [0, 0.1) is 12.7 Å². The highest BCUT2D eigenvalue weighted by atomic mass is 19.1. The third kappa shape index (κ3) is 4.91. The molecule has 0 amide bonds. The highest BCUT2D eigenvalue weighted by Gasteiger charge is 2.21. The van der Waals surface area contributed by atoms with Gasteiger partial charge in [-0.2, -0.15) is 0 Å². The molecule has 0 spiro atoms. The molecule has 0 radical (unpaired) electrons. The molecule has 7 heteroatoms. The van der Waals surface area contributed by atoms with Gasteiger partial charge in [0.15, 0.2) is 12.3 Å². The van der Waals surface area contributed by atoms with E-state index in [4.69, 9.17) is 14.4 Å². The number of carbonyl (C=O) groups excluding carboxylic acids is 1. The maximum absolute atomic E-state index is 13.8. The minimum absolute atomic E-state index is 0.0390. The number of oxime groups is 1. The number of aryl methyl sites for hydroxylation is 1. The van der Waals surface area contributed by atoms with Crippen LogP contribution in [0.5, 0.6) is 0 Å². The average molecular weight is 373 g/mol. The van der Waals surface area contributed by atoms with Crippen molar-refractivity contribution in [3.63, 3.8) is 0 Å². The van der Waals surface area contributed by atoms with Crippen LogP contribution in [0.1, 0.15) is 29.2 Å². The smallest absolute Gasteiger partial charge is 0.360 e. The van der Waals surface area contributed by atoms with Crippen molar-refractivity contribution < 1.29 is 28.8 Å². The largest absolute Gasteiger partial charge is 0.464 e. The second-order valence-corrected chi connectivity index (χ2v) is 5.71. The maximum Gasteiger partial charge on any atom is 0.360 e. The van der Waals surface area contributed by atoms with Gasteiger partial charge in [0, 0.05) is 18.1 Å². The predicted octanol–water partition coefficient (Wildman–Crippen LogP) is 1.68. The van der Waals surface area contributed by atoms with Gasteiger partial charge in [0.05, 0.1) is 12.7 Å². The van der Waals surface area contributed by atoms with Crippen LogP contribution in [0.2, 0.25) is 0 Å². The van der Waals surface area contributed by atoms with E-state index in [1.54, 1.807) is 37.3 Å². The van der Waals surface area contributed by atoms with Crippen molar-refractivity contribution in [1.29, 1.82) is 0 Å². The SMILES string of the molecule is CO/N=C(/C(=O)OC)c1cccc(C)c1CO/[NH+]=C(\C)c1ccccc1F. The van der Waals surface area contributed by atoms with Crippen LogP contribution in [0.25, 0.3) is 0 Å². The van der Waals surface area contributed by atoms with E-state index in [9.17, 15) is 9.18 Å². The molecule has 0 saturated heterocycles. The average Bonchev–Trinajstić information content (AvgIpc) is 2.67. The van der Waals surface area contributed by atoms with E-state index in [-0.39, 0.29) is 18.1 Å². The molecule has 0 atom stereocenters. The Morgan fingerprint density at radius 1 is 1.11 bits per heavy atom. The predicted molar refractivity (Wildman–Crippen MR) is 98.7 cm³/mol. The van der Waals surface area contributed by atoms with Crippen molar-refractivity contribution in [3.05, 3.63) is 70.5 Å². The summed E-state index contributed by atoms with van der Waals surface area (Å²) < 4.78 is 18.6. The maximum atomic E-state index is 13.8. The number of ether oxygens (including phenoxy) is 1. The van der Waals surface area contributed by atoms with Gasteiger partial charge in [-0.25, -0.2) is 9.18 Å². The number of esters is 1. The fraction of sp³-hybridized carbons (Fsp3) is 0.250. The summed E-state index contributed by atoms with van der Waals surface area (Å²) in [6.07, 6.45) is 0. The Morgan fingerprint density at radius 3 is 2.48 bits per heavy atom. The number of hydrogen-bond acceptors (Lipinski definition) is 5. The Balaban J connectivity index is 2.29. The fourth-order valence-electron chi connectivity index (χ4n) is 2.54. The summed E-state index contributed by atoms with van der Waals surface area (Å²) in [5.74, 6) is -0.964. The quantitative estimate of drug-likeness (QED) is 0.455. The third-order valence-corrected chi connectivity index (χ3v) is 3.95. The number of methoxy groups -OCH3 is 1. The number of rotatable bonds is 7. The molecule has 142 valence electrons. The zero-order chi connectivity index (χ0) is 19.8.